The fraction of sp³-hybridized carbons (Fsp3) is 0.700. The van der Waals surface area contributed by atoms with Crippen LogP contribution in [0.2, 0.25) is 0 Å². The van der Waals surface area contributed by atoms with E-state index < -0.39 is 29.2 Å². The Kier molecular flexibility index (Phi) is 3.32. The summed E-state index contributed by atoms with van der Waals surface area (Å²) in [6, 6.07) is -1.20. The lowest BCUT2D eigenvalue weighted by molar-refractivity contribution is -0.149. The van der Waals surface area contributed by atoms with E-state index in [1.807, 2.05) is 0 Å². The summed E-state index contributed by atoms with van der Waals surface area (Å²) in [5.41, 5.74) is 2.01. The summed E-state index contributed by atoms with van der Waals surface area (Å²) in [6.07, 6.45) is 0. The summed E-state index contributed by atoms with van der Waals surface area (Å²) in [4.78, 5) is 34.5. The molecule has 16 heavy (non-hydrogen) atoms. The Labute approximate surface area is 93.9 Å². The summed E-state index contributed by atoms with van der Waals surface area (Å²) in [5.74, 6) is -2.19. The van der Waals surface area contributed by atoms with Gasteiger partial charge in [0.05, 0.1) is 12.1 Å². The van der Waals surface area contributed by atoms with Gasteiger partial charge >= 0.3 is 11.9 Å². The van der Waals surface area contributed by atoms with Crippen LogP contribution in [0.3, 0.4) is 0 Å². The molecule has 0 saturated carbocycles. The lowest BCUT2D eigenvalue weighted by atomic mass is 10.1. The minimum Gasteiger partial charge on any atom is -0.464 e. The van der Waals surface area contributed by atoms with Crippen molar-refractivity contribution < 1.29 is 19.1 Å². The molecular formula is C10H16N2O4. The van der Waals surface area contributed by atoms with E-state index >= 15 is 0 Å². The van der Waals surface area contributed by atoms with Crippen molar-refractivity contribution in [2.24, 2.45) is 0 Å². The number of nitrogens with one attached hydrogen (secondary N) is 1. The molecule has 0 bridgehead atoms. The first-order valence-corrected chi connectivity index (χ1v) is 5.10. The SMILES string of the molecule is CCOC(=O)C1NN(C(C)(C)C)C(=O)C1=O. The number of Topliss-reactive ketones (excluding diaryl/α,β-unsaturated/α-hetero) is 1. The van der Waals surface area contributed by atoms with Crippen LogP contribution in [-0.4, -0.2) is 40.9 Å². The predicted molar refractivity (Wildman–Crippen MR) is 55.2 cm³/mol. The van der Waals surface area contributed by atoms with Gasteiger partial charge in [0.25, 0.3) is 5.78 Å². The highest BCUT2D eigenvalue weighted by atomic mass is 16.5. The summed E-state index contributed by atoms with van der Waals surface area (Å²) in [6.45, 7) is 7.10. The molecule has 1 saturated heterocycles. The van der Waals surface area contributed by atoms with E-state index in [-0.39, 0.29) is 6.61 Å². The van der Waals surface area contributed by atoms with Crippen molar-refractivity contribution in [3.8, 4) is 0 Å². The van der Waals surface area contributed by atoms with Crippen LogP contribution in [0, 0.1) is 0 Å². The number of carbonyl (C=O) groups excluding carboxylic acids is 3. The average Bonchev–Trinajstić information content (AvgIpc) is 2.44. The fourth-order valence-corrected chi connectivity index (χ4v) is 1.36. The Morgan fingerprint density at radius 3 is 2.38 bits per heavy atom. The van der Waals surface area contributed by atoms with E-state index in [4.69, 9.17) is 4.74 Å². The van der Waals surface area contributed by atoms with Gasteiger partial charge in [0, 0.05) is 0 Å². The zero-order valence-corrected chi connectivity index (χ0v) is 9.86. The van der Waals surface area contributed by atoms with Gasteiger partial charge in [-0.15, -0.1) is 0 Å². The molecule has 1 heterocycles. The molecule has 1 rings (SSSR count). The maximum absolute atomic E-state index is 11.6. The van der Waals surface area contributed by atoms with Crippen LogP contribution in [0.25, 0.3) is 0 Å². The minimum absolute atomic E-state index is 0.175. The molecule has 1 unspecified atom stereocenters. The molecule has 0 aromatic carbocycles. The Hall–Kier alpha value is -1.43. The Bertz CT molecular complexity index is 332. The number of nitrogens with zero attached hydrogens (tertiary/aromatic N) is 1. The summed E-state index contributed by atoms with van der Waals surface area (Å²) >= 11 is 0. The quantitative estimate of drug-likeness (QED) is 0.396. The number of hydrogen-bond acceptors (Lipinski definition) is 5. The second-order valence-electron chi connectivity index (χ2n) is 4.49. The number of ketones is 1. The number of rotatable bonds is 2. The molecule has 0 aliphatic carbocycles. The van der Waals surface area contributed by atoms with Crippen LogP contribution < -0.4 is 5.43 Å². The van der Waals surface area contributed by atoms with Crippen molar-refractivity contribution >= 4 is 17.7 Å². The number of esters is 1. The minimum atomic E-state index is -1.20. The number of hydrazine groups is 1. The highest BCUT2D eigenvalue weighted by Gasteiger charge is 2.47. The lowest BCUT2D eigenvalue weighted by Crippen LogP contribution is -2.51. The maximum Gasteiger partial charge on any atom is 0.333 e. The monoisotopic (exact) mass is 228 g/mol. The van der Waals surface area contributed by atoms with Crippen molar-refractivity contribution in [2.75, 3.05) is 6.61 Å². The molecule has 1 aliphatic heterocycles. The van der Waals surface area contributed by atoms with Gasteiger partial charge < -0.3 is 4.74 Å². The summed E-state index contributed by atoms with van der Waals surface area (Å²) in [5, 5.41) is 1.16. The molecule has 0 radical (unpaired) electrons. The molecule has 90 valence electrons. The van der Waals surface area contributed by atoms with Gasteiger partial charge in [-0.2, -0.15) is 0 Å². The van der Waals surface area contributed by atoms with Crippen LogP contribution in [-0.2, 0) is 19.1 Å². The normalized spacial score (nSPS) is 21.5. The maximum atomic E-state index is 11.6. The third kappa shape index (κ3) is 2.21. The van der Waals surface area contributed by atoms with Gasteiger partial charge in [-0.25, -0.2) is 10.2 Å². The van der Waals surface area contributed by atoms with Gasteiger partial charge in [-0.1, -0.05) is 0 Å². The molecule has 1 N–H and O–H groups in total. The number of hydrogen-bond donors (Lipinski definition) is 1. The van der Waals surface area contributed by atoms with Crippen molar-refractivity contribution in [2.45, 2.75) is 39.3 Å². The molecule has 1 amide bonds. The third-order valence-electron chi connectivity index (χ3n) is 2.13. The van der Waals surface area contributed by atoms with Gasteiger partial charge in [0.2, 0.25) is 0 Å². The lowest BCUT2D eigenvalue weighted by Gasteiger charge is -2.30. The molecule has 1 aliphatic rings. The zero-order valence-electron chi connectivity index (χ0n) is 9.86. The second kappa shape index (κ2) is 4.21. The van der Waals surface area contributed by atoms with Crippen LogP contribution in [0.15, 0.2) is 0 Å². The van der Waals surface area contributed by atoms with Crippen molar-refractivity contribution in [3.05, 3.63) is 0 Å². The van der Waals surface area contributed by atoms with Crippen molar-refractivity contribution in [3.63, 3.8) is 0 Å². The molecule has 6 nitrogen and oxygen atoms in total. The largest absolute Gasteiger partial charge is 0.464 e. The Morgan fingerprint density at radius 1 is 1.44 bits per heavy atom. The Morgan fingerprint density at radius 2 is 2.00 bits per heavy atom. The molecule has 1 atom stereocenters. The predicted octanol–water partition coefficient (Wildman–Crippen LogP) is -0.367. The fourth-order valence-electron chi connectivity index (χ4n) is 1.36. The highest BCUT2D eigenvalue weighted by Crippen LogP contribution is 2.17. The molecule has 6 heteroatoms. The van der Waals surface area contributed by atoms with Crippen LogP contribution in [0.1, 0.15) is 27.7 Å². The van der Waals surface area contributed by atoms with Crippen molar-refractivity contribution in [1.29, 1.82) is 0 Å². The van der Waals surface area contributed by atoms with Crippen molar-refractivity contribution in [1.82, 2.24) is 10.4 Å². The standard InChI is InChI=1S/C10H16N2O4/c1-5-16-9(15)6-7(13)8(14)12(11-6)10(2,3)4/h6,11H,5H2,1-4H3. The second-order valence-corrected chi connectivity index (χ2v) is 4.49. The van der Waals surface area contributed by atoms with Gasteiger partial charge in [-0.05, 0) is 27.7 Å². The number of ether oxygens (including phenoxy) is 1. The highest BCUT2D eigenvalue weighted by molar-refractivity contribution is 6.43. The van der Waals surface area contributed by atoms with Crippen LogP contribution in [0.5, 0.6) is 0 Å². The van der Waals surface area contributed by atoms with E-state index in [9.17, 15) is 14.4 Å². The van der Waals surface area contributed by atoms with Crippen LogP contribution >= 0.6 is 0 Å². The molecular weight excluding hydrogens is 212 g/mol. The first-order valence-electron chi connectivity index (χ1n) is 5.10. The molecule has 0 aromatic rings. The number of carbonyl (C=O) groups is 3. The molecule has 1 fully saturated rings. The van der Waals surface area contributed by atoms with Gasteiger partial charge in [0.15, 0.2) is 6.04 Å². The number of amides is 1. The van der Waals surface area contributed by atoms with Gasteiger partial charge in [-0.3, -0.25) is 14.6 Å². The van der Waals surface area contributed by atoms with E-state index in [1.54, 1.807) is 27.7 Å². The average molecular weight is 228 g/mol. The first-order chi connectivity index (χ1) is 7.29. The third-order valence-corrected chi connectivity index (χ3v) is 2.13. The van der Waals surface area contributed by atoms with E-state index in [0.29, 0.717) is 0 Å². The summed E-state index contributed by atoms with van der Waals surface area (Å²) in [7, 11) is 0. The molecule has 0 spiro atoms. The zero-order chi connectivity index (χ0) is 12.5. The summed E-state index contributed by atoms with van der Waals surface area (Å²) < 4.78 is 4.70. The van der Waals surface area contributed by atoms with E-state index in [2.05, 4.69) is 5.43 Å². The van der Waals surface area contributed by atoms with E-state index in [1.165, 1.54) is 0 Å². The van der Waals surface area contributed by atoms with Gasteiger partial charge in [0.1, 0.15) is 0 Å². The topological polar surface area (TPSA) is 75.7 Å². The smallest absolute Gasteiger partial charge is 0.333 e. The first kappa shape index (κ1) is 12.6. The molecule has 0 aromatic heterocycles. The van der Waals surface area contributed by atoms with Crippen LogP contribution in [0.4, 0.5) is 0 Å². The van der Waals surface area contributed by atoms with E-state index in [0.717, 1.165) is 5.01 Å². The Balaban J connectivity index is 2.84.